The standard InChI is InChI=1S/C14H18BrFO4/c1-19-14(20-2)12-10(18)6-9(17)11(12)7-4-3-5-8(15)13(7)16/h3-5,9-12,14,17-18H,6H2,1-2H3/t9-,10+,11-,12-/m0/s1. The molecule has 0 saturated heterocycles. The molecule has 4 atom stereocenters. The molecule has 0 radical (unpaired) electrons. The molecule has 1 aromatic rings. The summed E-state index contributed by atoms with van der Waals surface area (Å²) in [6.07, 6.45) is -2.18. The first-order chi connectivity index (χ1) is 9.51. The average molecular weight is 349 g/mol. The molecular weight excluding hydrogens is 331 g/mol. The fourth-order valence-corrected chi connectivity index (χ4v) is 3.38. The third kappa shape index (κ3) is 2.76. The quantitative estimate of drug-likeness (QED) is 0.817. The fourth-order valence-electron chi connectivity index (χ4n) is 3.00. The summed E-state index contributed by atoms with van der Waals surface area (Å²) in [5.41, 5.74) is 0.354. The number of ether oxygens (including phenoxy) is 2. The molecule has 0 unspecified atom stereocenters. The van der Waals surface area contributed by atoms with Crippen molar-refractivity contribution in [2.24, 2.45) is 5.92 Å². The van der Waals surface area contributed by atoms with Crippen molar-refractivity contribution in [1.82, 2.24) is 0 Å². The largest absolute Gasteiger partial charge is 0.393 e. The second kappa shape index (κ2) is 6.49. The molecule has 1 aliphatic carbocycles. The number of benzene rings is 1. The zero-order valence-corrected chi connectivity index (χ0v) is 12.9. The Balaban J connectivity index is 2.43. The van der Waals surface area contributed by atoms with Gasteiger partial charge >= 0.3 is 0 Å². The van der Waals surface area contributed by atoms with Crippen molar-refractivity contribution < 1.29 is 24.1 Å². The van der Waals surface area contributed by atoms with E-state index in [1.54, 1.807) is 18.2 Å². The highest BCUT2D eigenvalue weighted by atomic mass is 79.9. The van der Waals surface area contributed by atoms with E-state index in [2.05, 4.69) is 15.9 Å². The summed E-state index contributed by atoms with van der Waals surface area (Å²) in [6.45, 7) is 0. The molecule has 112 valence electrons. The molecule has 6 heteroatoms. The minimum Gasteiger partial charge on any atom is -0.393 e. The molecular formula is C14H18BrFO4. The van der Waals surface area contributed by atoms with Crippen molar-refractivity contribution in [1.29, 1.82) is 0 Å². The predicted octanol–water partition coefficient (Wildman–Crippen LogP) is 2.03. The zero-order valence-electron chi connectivity index (χ0n) is 11.3. The maximum absolute atomic E-state index is 14.3. The first-order valence-corrected chi connectivity index (χ1v) is 7.16. The van der Waals surface area contributed by atoms with E-state index in [9.17, 15) is 14.6 Å². The molecule has 1 aromatic carbocycles. The van der Waals surface area contributed by atoms with Gasteiger partial charge in [0.2, 0.25) is 0 Å². The number of halogens is 2. The summed E-state index contributed by atoms with van der Waals surface area (Å²) in [4.78, 5) is 0. The summed E-state index contributed by atoms with van der Waals surface area (Å²) >= 11 is 3.14. The van der Waals surface area contributed by atoms with Gasteiger partial charge in [0.05, 0.1) is 16.7 Å². The number of aliphatic hydroxyl groups is 2. The third-order valence-electron chi connectivity index (χ3n) is 3.88. The lowest BCUT2D eigenvalue weighted by Crippen LogP contribution is -2.35. The number of methoxy groups -OCH3 is 2. The van der Waals surface area contributed by atoms with Gasteiger partial charge in [-0.05, 0) is 27.6 Å². The molecule has 4 nitrogen and oxygen atoms in total. The maximum atomic E-state index is 14.3. The highest BCUT2D eigenvalue weighted by Crippen LogP contribution is 2.44. The third-order valence-corrected chi connectivity index (χ3v) is 4.49. The van der Waals surface area contributed by atoms with Crippen LogP contribution < -0.4 is 0 Å². The summed E-state index contributed by atoms with van der Waals surface area (Å²) in [6, 6.07) is 4.91. The van der Waals surface area contributed by atoms with Crippen LogP contribution in [0.2, 0.25) is 0 Å². The molecule has 0 bridgehead atoms. The van der Waals surface area contributed by atoms with Gasteiger partial charge in [-0.2, -0.15) is 0 Å². The Morgan fingerprint density at radius 2 is 1.90 bits per heavy atom. The van der Waals surface area contributed by atoms with Crippen LogP contribution in [-0.4, -0.2) is 42.9 Å². The van der Waals surface area contributed by atoms with Crippen LogP contribution in [0.5, 0.6) is 0 Å². The molecule has 2 N–H and O–H groups in total. The van der Waals surface area contributed by atoms with Crippen molar-refractivity contribution >= 4 is 15.9 Å². The van der Waals surface area contributed by atoms with E-state index in [4.69, 9.17) is 9.47 Å². The minimum atomic E-state index is -0.841. The number of hydrogen-bond donors (Lipinski definition) is 2. The Labute approximate surface area is 125 Å². The second-order valence-electron chi connectivity index (χ2n) is 4.96. The van der Waals surface area contributed by atoms with E-state index in [1.807, 2.05) is 0 Å². The van der Waals surface area contributed by atoms with E-state index in [-0.39, 0.29) is 6.42 Å². The molecule has 1 aliphatic rings. The SMILES string of the molecule is COC(OC)[C@@H]1[C@@H](c2cccc(Br)c2F)[C@@H](O)C[C@H]1O. The summed E-state index contributed by atoms with van der Waals surface area (Å²) in [7, 11) is 2.92. The Morgan fingerprint density at radius 1 is 1.25 bits per heavy atom. The normalized spacial score (nSPS) is 30.1. The molecule has 2 rings (SSSR count). The van der Waals surface area contributed by atoms with E-state index in [1.165, 1.54) is 14.2 Å². The lowest BCUT2D eigenvalue weighted by atomic mass is 9.86. The van der Waals surface area contributed by atoms with Crippen molar-refractivity contribution in [3.05, 3.63) is 34.1 Å². The lowest BCUT2D eigenvalue weighted by Gasteiger charge is -2.29. The first-order valence-electron chi connectivity index (χ1n) is 6.36. The lowest BCUT2D eigenvalue weighted by molar-refractivity contribution is -0.159. The monoisotopic (exact) mass is 348 g/mol. The maximum Gasteiger partial charge on any atom is 0.162 e. The van der Waals surface area contributed by atoms with Crippen molar-refractivity contribution in [3.63, 3.8) is 0 Å². The molecule has 0 aliphatic heterocycles. The smallest absolute Gasteiger partial charge is 0.162 e. The van der Waals surface area contributed by atoms with Crippen LogP contribution in [0.3, 0.4) is 0 Å². The van der Waals surface area contributed by atoms with E-state index >= 15 is 0 Å². The van der Waals surface area contributed by atoms with Gasteiger partial charge in [-0.15, -0.1) is 0 Å². The van der Waals surface area contributed by atoms with E-state index in [0.29, 0.717) is 10.0 Å². The Kier molecular flexibility index (Phi) is 5.14. The van der Waals surface area contributed by atoms with Crippen LogP contribution in [0.4, 0.5) is 4.39 Å². The van der Waals surface area contributed by atoms with Crippen molar-refractivity contribution in [2.75, 3.05) is 14.2 Å². The summed E-state index contributed by atoms with van der Waals surface area (Å²) in [5.74, 6) is -1.53. The Morgan fingerprint density at radius 3 is 2.50 bits per heavy atom. The topological polar surface area (TPSA) is 58.9 Å². The van der Waals surface area contributed by atoms with Crippen LogP contribution in [0, 0.1) is 11.7 Å². The van der Waals surface area contributed by atoms with Gasteiger partial charge in [-0.25, -0.2) is 4.39 Å². The molecule has 1 saturated carbocycles. The number of aliphatic hydroxyl groups excluding tert-OH is 2. The van der Waals surface area contributed by atoms with Crippen molar-refractivity contribution in [2.45, 2.75) is 30.8 Å². The van der Waals surface area contributed by atoms with Gasteiger partial charge in [0, 0.05) is 32.5 Å². The van der Waals surface area contributed by atoms with Gasteiger partial charge < -0.3 is 19.7 Å². The van der Waals surface area contributed by atoms with Gasteiger partial charge in [0.1, 0.15) is 5.82 Å². The minimum absolute atomic E-state index is 0.171. The fraction of sp³-hybridized carbons (Fsp3) is 0.571. The molecule has 0 amide bonds. The van der Waals surface area contributed by atoms with Gasteiger partial charge in [-0.3, -0.25) is 0 Å². The van der Waals surface area contributed by atoms with Crippen LogP contribution >= 0.6 is 15.9 Å². The van der Waals surface area contributed by atoms with Crippen LogP contribution in [0.1, 0.15) is 17.9 Å². The molecule has 20 heavy (non-hydrogen) atoms. The Hall–Kier alpha value is -0.530. The van der Waals surface area contributed by atoms with Gasteiger partial charge in [-0.1, -0.05) is 12.1 Å². The second-order valence-corrected chi connectivity index (χ2v) is 5.81. The highest BCUT2D eigenvalue weighted by Gasteiger charge is 2.48. The van der Waals surface area contributed by atoms with E-state index < -0.39 is 36.2 Å². The highest BCUT2D eigenvalue weighted by molar-refractivity contribution is 9.10. The Bertz CT molecular complexity index is 466. The molecule has 0 aromatic heterocycles. The summed E-state index contributed by atoms with van der Waals surface area (Å²) in [5, 5.41) is 20.3. The van der Waals surface area contributed by atoms with Gasteiger partial charge in [0.25, 0.3) is 0 Å². The first kappa shape index (κ1) is 15.9. The zero-order chi connectivity index (χ0) is 14.9. The summed E-state index contributed by atoms with van der Waals surface area (Å²) < 4.78 is 25.0. The number of rotatable bonds is 4. The average Bonchev–Trinajstić information content (AvgIpc) is 2.70. The van der Waals surface area contributed by atoms with E-state index in [0.717, 1.165) is 0 Å². The molecule has 0 spiro atoms. The van der Waals surface area contributed by atoms with Crippen LogP contribution in [0.25, 0.3) is 0 Å². The molecule has 0 heterocycles. The van der Waals surface area contributed by atoms with Crippen LogP contribution in [-0.2, 0) is 9.47 Å². The predicted molar refractivity (Wildman–Crippen MR) is 74.8 cm³/mol. The van der Waals surface area contributed by atoms with Gasteiger partial charge in [0.15, 0.2) is 6.29 Å². The number of hydrogen-bond acceptors (Lipinski definition) is 4. The van der Waals surface area contributed by atoms with Crippen molar-refractivity contribution in [3.8, 4) is 0 Å². The van der Waals surface area contributed by atoms with Crippen LogP contribution in [0.15, 0.2) is 22.7 Å². The molecule has 1 fully saturated rings.